The summed E-state index contributed by atoms with van der Waals surface area (Å²) in [7, 11) is 0. The van der Waals surface area contributed by atoms with Crippen molar-refractivity contribution in [3.8, 4) is 0 Å². The van der Waals surface area contributed by atoms with Gasteiger partial charge >= 0.3 is 5.97 Å². The zero-order chi connectivity index (χ0) is 14.7. The van der Waals surface area contributed by atoms with Crippen LogP contribution in [0.5, 0.6) is 0 Å². The Hall–Kier alpha value is -1.06. The third kappa shape index (κ3) is 3.15. The topological polar surface area (TPSA) is 57.6 Å². The smallest absolute Gasteiger partial charge is 0.307 e. The normalized spacial score (nSPS) is 31.2. The number of rotatable bonds is 4. The second kappa shape index (κ2) is 6.59. The highest BCUT2D eigenvalue weighted by molar-refractivity contribution is 5.85. The van der Waals surface area contributed by atoms with E-state index in [9.17, 15) is 14.7 Å². The lowest BCUT2D eigenvalue weighted by molar-refractivity contribution is -0.150. The van der Waals surface area contributed by atoms with E-state index in [-0.39, 0.29) is 11.8 Å². The fraction of sp³-hybridized carbons (Fsp3) is 0.875. The maximum atomic E-state index is 12.8. The molecule has 4 nitrogen and oxygen atoms in total. The molecule has 0 heterocycles. The molecule has 114 valence electrons. The molecule has 3 unspecified atom stereocenters. The van der Waals surface area contributed by atoms with Crippen molar-refractivity contribution >= 4 is 11.9 Å². The van der Waals surface area contributed by atoms with Crippen molar-refractivity contribution in [2.75, 3.05) is 6.54 Å². The molecule has 0 saturated heterocycles. The highest BCUT2D eigenvalue weighted by Gasteiger charge is 2.43. The van der Waals surface area contributed by atoms with Crippen molar-refractivity contribution < 1.29 is 14.7 Å². The van der Waals surface area contributed by atoms with Gasteiger partial charge in [-0.3, -0.25) is 9.59 Å². The lowest BCUT2D eigenvalue weighted by atomic mass is 9.90. The standard InChI is InChI=1S/C16H27NO3/c1-3-17(12-7-5-4-6-8-12)15(18)13-9-11(2)10-14(13)16(19)20/h11-14H,3-10H2,1-2H3,(H,19,20). The minimum absolute atomic E-state index is 0.0937. The molecule has 0 bridgehead atoms. The number of nitrogens with zero attached hydrogens (tertiary/aromatic N) is 1. The van der Waals surface area contributed by atoms with Crippen molar-refractivity contribution in [3.05, 3.63) is 0 Å². The van der Waals surface area contributed by atoms with Crippen LogP contribution in [0.25, 0.3) is 0 Å². The van der Waals surface area contributed by atoms with Crippen LogP contribution in [-0.2, 0) is 9.59 Å². The van der Waals surface area contributed by atoms with Gasteiger partial charge in [0, 0.05) is 12.6 Å². The van der Waals surface area contributed by atoms with Crippen molar-refractivity contribution in [2.45, 2.75) is 64.8 Å². The lowest BCUT2D eigenvalue weighted by Gasteiger charge is -2.36. The van der Waals surface area contributed by atoms with Gasteiger partial charge in [0.1, 0.15) is 0 Å². The summed E-state index contributed by atoms with van der Waals surface area (Å²) in [6.07, 6.45) is 7.20. The molecule has 0 radical (unpaired) electrons. The Labute approximate surface area is 121 Å². The molecule has 0 aromatic rings. The van der Waals surface area contributed by atoms with E-state index in [1.165, 1.54) is 19.3 Å². The van der Waals surface area contributed by atoms with Gasteiger partial charge in [-0.25, -0.2) is 0 Å². The van der Waals surface area contributed by atoms with Gasteiger partial charge in [-0.15, -0.1) is 0 Å². The summed E-state index contributed by atoms with van der Waals surface area (Å²) in [4.78, 5) is 26.1. The van der Waals surface area contributed by atoms with Crippen LogP contribution in [0.15, 0.2) is 0 Å². The Balaban J connectivity index is 2.08. The fourth-order valence-electron chi connectivity index (χ4n) is 4.04. The third-order valence-electron chi connectivity index (χ3n) is 5.07. The van der Waals surface area contributed by atoms with E-state index in [1.807, 2.05) is 11.8 Å². The van der Waals surface area contributed by atoms with Crippen molar-refractivity contribution in [1.29, 1.82) is 0 Å². The first-order valence-corrected chi connectivity index (χ1v) is 8.07. The zero-order valence-corrected chi connectivity index (χ0v) is 12.7. The molecular formula is C16H27NO3. The van der Waals surface area contributed by atoms with Gasteiger partial charge in [0.2, 0.25) is 5.91 Å². The average molecular weight is 281 g/mol. The Morgan fingerprint density at radius 2 is 1.70 bits per heavy atom. The van der Waals surface area contributed by atoms with Crippen LogP contribution in [0, 0.1) is 17.8 Å². The van der Waals surface area contributed by atoms with Crippen molar-refractivity contribution in [1.82, 2.24) is 4.90 Å². The molecule has 20 heavy (non-hydrogen) atoms. The molecule has 2 aliphatic rings. The maximum Gasteiger partial charge on any atom is 0.307 e. The molecule has 0 aromatic heterocycles. The average Bonchev–Trinajstić information content (AvgIpc) is 2.83. The quantitative estimate of drug-likeness (QED) is 0.862. The second-order valence-corrected chi connectivity index (χ2v) is 6.54. The summed E-state index contributed by atoms with van der Waals surface area (Å²) in [5.41, 5.74) is 0. The number of carboxylic acids is 1. The van der Waals surface area contributed by atoms with Crippen LogP contribution in [-0.4, -0.2) is 34.5 Å². The predicted octanol–water partition coefficient (Wildman–Crippen LogP) is 2.91. The summed E-state index contributed by atoms with van der Waals surface area (Å²) in [5, 5.41) is 9.34. The van der Waals surface area contributed by atoms with E-state index >= 15 is 0 Å². The van der Waals surface area contributed by atoms with Gasteiger partial charge in [0.25, 0.3) is 0 Å². The highest BCUT2D eigenvalue weighted by atomic mass is 16.4. The summed E-state index contributed by atoms with van der Waals surface area (Å²) in [5.74, 6) is -1.14. The predicted molar refractivity (Wildman–Crippen MR) is 77.3 cm³/mol. The maximum absolute atomic E-state index is 12.8. The third-order valence-corrected chi connectivity index (χ3v) is 5.07. The molecule has 0 aromatic carbocycles. The molecule has 0 aliphatic heterocycles. The van der Waals surface area contributed by atoms with Crippen LogP contribution >= 0.6 is 0 Å². The van der Waals surface area contributed by atoms with Gasteiger partial charge in [-0.2, -0.15) is 0 Å². The highest BCUT2D eigenvalue weighted by Crippen LogP contribution is 2.38. The monoisotopic (exact) mass is 281 g/mol. The Morgan fingerprint density at radius 3 is 2.25 bits per heavy atom. The lowest BCUT2D eigenvalue weighted by Crippen LogP contribution is -2.45. The van der Waals surface area contributed by atoms with Gasteiger partial charge in [0.05, 0.1) is 11.8 Å². The number of aliphatic carboxylic acids is 1. The van der Waals surface area contributed by atoms with Crippen molar-refractivity contribution in [2.24, 2.45) is 17.8 Å². The summed E-state index contributed by atoms with van der Waals surface area (Å²) in [6.45, 7) is 4.78. The Kier molecular flexibility index (Phi) is 5.06. The van der Waals surface area contributed by atoms with E-state index in [1.54, 1.807) is 0 Å². The molecule has 3 atom stereocenters. The Morgan fingerprint density at radius 1 is 1.10 bits per heavy atom. The molecular weight excluding hydrogens is 254 g/mol. The van der Waals surface area contributed by atoms with Crippen LogP contribution in [0.3, 0.4) is 0 Å². The van der Waals surface area contributed by atoms with E-state index < -0.39 is 11.9 Å². The molecule has 2 fully saturated rings. The number of amides is 1. The number of carbonyl (C=O) groups is 2. The molecule has 2 aliphatic carbocycles. The molecule has 1 amide bonds. The minimum atomic E-state index is -0.799. The van der Waals surface area contributed by atoms with E-state index in [4.69, 9.17) is 0 Å². The van der Waals surface area contributed by atoms with Gasteiger partial charge in [-0.1, -0.05) is 26.2 Å². The second-order valence-electron chi connectivity index (χ2n) is 6.54. The molecule has 2 saturated carbocycles. The van der Waals surface area contributed by atoms with Gasteiger partial charge in [0.15, 0.2) is 0 Å². The van der Waals surface area contributed by atoms with Crippen LogP contribution in [0.1, 0.15) is 58.8 Å². The summed E-state index contributed by atoms with van der Waals surface area (Å²) >= 11 is 0. The number of carboxylic acid groups (broad SMARTS) is 1. The number of hydrogen-bond donors (Lipinski definition) is 1. The number of hydrogen-bond acceptors (Lipinski definition) is 2. The molecule has 0 spiro atoms. The molecule has 2 rings (SSSR count). The zero-order valence-electron chi connectivity index (χ0n) is 12.7. The first kappa shape index (κ1) is 15.3. The minimum Gasteiger partial charge on any atom is -0.481 e. The summed E-state index contributed by atoms with van der Waals surface area (Å²) < 4.78 is 0. The van der Waals surface area contributed by atoms with E-state index in [2.05, 4.69) is 6.92 Å². The van der Waals surface area contributed by atoms with Crippen LogP contribution in [0.4, 0.5) is 0 Å². The molecule has 4 heteroatoms. The van der Waals surface area contributed by atoms with Crippen LogP contribution < -0.4 is 0 Å². The van der Waals surface area contributed by atoms with Gasteiger partial charge < -0.3 is 10.0 Å². The van der Waals surface area contributed by atoms with E-state index in [0.29, 0.717) is 24.9 Å². The van der Waals surface area contributed by atoms with Crippen molar-refractivity contribution in [3.63, 3.8) is 0 Å². The fourth-order valence-corrected chi connectivity index (χ4v) is 4.04. The van der Waals surface area contributed by atoms with Gasteiger partial charge in [-0.05, 0) is 38.5 Å². The molecule has 1 N–H and O–H groups in total. The van der Waals surface area contributed by atoms with E-state index in [0.717, 1.165) is 19.3 Å². The summed E-state index contributed by atoms with van der Waals surface area (Å²) in [6, 6.07) is 0.339. The SMILES string of the molecule is CCN(C(=O)C1CC(C)CC1C(=O)O)C1CCCCC1. The van der Waals surface area contributed by atoms with Crippen LogP contribution in [0.2, 0.25) is 0 Å². The Bertz CT molecular complexity index is 363. The largest absolute Gasteiger partial charge is 0.481 e. The first-order chi connectivity index (χ1) is 9.54. The number of carbonyl (C=O) groups excluding carboxylic acids is 1. The first-order valence-electron chi connectivity index (χ1n) is 8.07.